The van der Waals surface area contributed by atoms with E-state index in [1.54, 1.807) is 24.3 Å². The maximum absolute atomic E-state index is 13.7. The molecule has 1 fully saturated rings. The van der Waals surface area contributed by atoms with Crippen LogP contribution in [-0.4, -0.2) is 40.5 Å². The summed E-state index contributed by atoms with van der Waals surface area (Å²) in [4.78, 5) is 43.7. The number of aliphatic imine (C=N–C) groups is 1. The molecule has 0 unspecified atom stereocenters. The summed E-state index contributed by atoms with van der Waals surface area (Å²) in [6.45, 7) is 7.38. The number of amides is 1. The van der Waals surface area contributed by atoms with Gasteiger partial charge in [0.15, 0.2) is 5.78 Å². The molecule has 1 aliphatic heterocycles. The van der Waals surface area contributed by atoms with E-state index in [1.165, 1.54) is 0 Å². The molecule has 6 nitrogen and oxygen atoms in total. The summed E-state index contributed by atoms with van der Waals surface area (Å²) in [7, 11) is 0. The Labute approximate surface area is 258 Å². The van der Waals surface area contributed by atoms with Crippen molar-refractivity contribution in [2.45, 2.75) is 77.8 Å². The van der Waals surface area contributed by atoms with Crippen LogP contribution in [-0.2, 0) is 16.0 Å². The van der Waals surface area contributed by atoms with Gasteiger partial charge >= 0.3 is 29.6 Å². The molecule has 39 heavy (non-hydrogen) atoms. The van der Waals surface area contributed by atoms with Crippen LogP contribution in [0.2, 0.25) is 5.02 Å². The number of ketones is 1. The molecule has 0 radical (unpaired) electrons. The first-order valence-electron chi connectivity index (χ1n) is 13.5. The van der Waals surface area contributed by atoms with Crippen molar-refractivity contribution in [2.24, 2.45) is 16.3 Å². The van der Waals surface area contributed by atoms with Crippen molar-refractivity contribution in [1.82, 2.24) is 4.90 Å². The van der Waals surface area contributed by atoms with E-state index in [9.17, 15) is 19.5 Å². The van der Waals surface area contributed by atoms with Crippen molar-refractivity contribution >= 4 is 35.0 Å². The number of hydrogen-bond donors (Lipinski definition) is 0. The third kappa shape index (κ3) is 7.60. The molecule has 8 heteroatoms. The predicted molar refractivity (Wildman–Crippen MR) is 147 cm³/mol. The number of nitrogens with zero attached hydrogens (tertiary/aromatic N) is 2. The van der Waals surface area contributed by atoms with Gasteiger partial charge in [-0.1, -0.05) is 68.8 Å². The van der Waals surface area contributed by atoms with Gasteiger partial charge in [-0.25, -0.2) is 0 Å². The molecule has 2 aromatic carbocycles. The Morgan fingerprint density at radius 1 is 1.08 bits per heavy atom. The average Bonchev–Trinajstić information content (AvgIpc) is 3.13. The minimum absolute atomic E-state index is 0. The maximum Gasteiger partial charge on any atom is 1.00 e. The molecule has 0 N–H and O–H groups in total. The van der Waals surface area contributed by atoms with Crippen LogP contribution in [0, 0.1) is 11.3 Å². The zero-order valence-corrected chi connectivity index (χ0v) is 26.2. The summed E-state index contributed by atoms with van der Waals surface area (Å²) in [6.07, 6.45) is 4.69. The largest absolute Gasteiger partial charge is 1.00 e. The predicted octanol–water partition coefficient (Wildman–Crippen LogP) is 2.25. The van der Waals surface area contributed by atoms with Gasteiger partial charge in [-0.3, -0.25) is 14.6 Å². The van der Waals surface area contributed by atoms with Gasteiger partial charge < -0.3 is 14.8 Å². The number of carboxylic acid groups (broad SMARTS) is 1. The Bertz CT molecular complexity index is 1230. The first-order chi connectivity index (χ1) is 18.0. The fourth-order valence-corrected chi connectivity index (χ4v) is 5.92. The molecule has 1 heterocycles. The number of carbonyl (C=O) groups is 3. The van der Waals surface area contributed by atoms with Gasteiger partial charge in [0.2, 0.25) is 0 Å². The number of halogens is 1. The minimum atomic E-state index is -1.14. The van der Waals surface area contributed by atoms with Gasteiger partial charge in [0, 0.05) is 35.1 Å². The van der Waals surface area contributed by atoms with Crippen molar-refractivity contribution in [1.29, 1.82) is 0 Å². The van der Waals surface area contributed by atoms with Crippen LogP contribution >= 0.6 is 11.6 Å². The van der Waals surface area contributed by atoms with E-state index in [0.717, 1.165) is 36.8 Å². The number of carboxylic acids is 1. The monoisotopic (exact) mass is 558 g/mol. The standard InChI is InChI=1S/C31H37ClN2O4.Na/c1-30(2,3)24-14-17-31(18-15-24)33-28(23-6-4-7-25(32)20-23)29(38)34(31)19-16-21-10-12-22(13-11-21)26(35)8-5-9-27(36)37;/h4,6-7,10-13,20,24H,5,8-9,14-19H2,1-3H3,(H,36,37);/q;+1/p-1. The van der Waals surface area contributed by atoms with Crippen molar-refractivity contribution in [3.8, 4) is 0 Å². The first-order valence-corrected chi connectivity index (χ1v) is 13.9. The van der Waals surface area contributed by atoms with Crippen molar-refractivity contribution in [3.05, 3.63) is 70.2 Å². The summed E-state index contributed by atoms with van der Waals surface area (Å²) in [5.74, 6) is -0.688. The van der Waals surface area contributed by atoms with E-state index in [2.05, 4.69) is 20.8 Å². The summed E-state index contributed by atoms with van der Waals surface area (Å²) < 4.78 is 0. The van der Waals surface area contributed by atoms with Gasteiger partial charge in [-0.2, -0.15) is 0 Å². The molecule has 0 atom stereocenters. The third-order valence-electron chi connectivity index (χ3n) is 8.06. The van der Waals surface area contributed by atoms with E-state index < -0.39 is 11.6 Å². The SMILES string of the molecule is CC(C)(C)C1CCC2(CC1)N=C(c1cccc(Cl)c1)C(=O)N2CCc1ccc(C(=O)CCCC(=O)[O-])cc1.[Na+]. The molecular weight excluding hydrogens is 523 g/mol. The number of rotatable bonds is 9. The smallest absolute Gasteiger partial charge is 0.550 e. The quantitative estimate of drug-likeness (QED) is 0.349. The molecule has 1 saturated carbocycles. The van der Waals surface area contributed by atoms with Crippen LogP contribution in [0.3, 0.4) is 0 Å². The van der Waals surface area contributed by atoms with Gasteiger partial charge in [0.1, 0.15) is 11.4 Å². The summed E-state index contributed by atoms with van der Waals surface area (Å²) >= 11 is 6.24. The summed E-state index contributed by atoms with van der Waals surface area (Å²) in [5, 5.41) is 11.2. The van der Waals surface area contributed by atoms with Gasteiger partial charge in [0.25, 0.3) is 5.91 Å². The molecule has 0 aromatic heterocycles. The number of Topliss-reactive ketones (excluding diaryl/α,β-unsaturated/α-hetero) is 1. The molecular formula is C31H36ClN2NaO4. The fourth-order valence-electron chi connectivity index (χ4n) is 5.73. The van der Waals surface area contributed by atoms with Crippen molar-refractivity contribution < 1.29 is 49.0 Å². The van der Waals surface area contributed by atoms with Crippen molar-refractivity contribution in [3.63, 3.8) is 0 Å². The Hall–Kier alpha value is -1.99. The number of aliphatic carboxylic acids is 1. The van der Waals surface area contributed by atoms with Crippen LogP contribution in [0.25, 0.3) is 0 Å². The topological polar surface area (TPSA) is 89.9 Å². The molecule has 1 aliphatic carbocycles. The van der Waals surface area contributed by atoms with Crippen LogP contribution < -0.4 is 34.7 Å². The first kappa shape index (κ1) is 31.5. The Kier molecular flexibility index (Phi) is 10.6. The molecule has 202 valence electrons. The molecule has 2 aliphatic rings. The van der Waals surface area contributed by atoms with Gasteiger partial charge in [-0.15, -0.1) is 0 Å². The Balaban J connectivity index is 0.00000420. The normalized spacial score (nSPS) is 21.0. The van der Waals surface area contributed by atoms with Crippen LogP contribution in [0.5, 0.6) is 0 Å². The van der Waals surface area contributed by atoms with Crippen LogP contribution in [0.15, 0.2) is 53.5 Å². The molecule has 1 spiro atoms. The van der Waals surface area contributed by atoms with Gasteiger partial charge in [0.05, 0.1) is 0 Å². The zero-order valence-electron chi connectivity index (χ0n) is 23.5. The fraction of sp³-hybridized carbons (Fsp3) is 0.484. The zero-order chi connectivity index (χ0) is 27.5. The van der Waals surface area contributed by atoms with E-state index >= 15 is 0 Å². The van der Waals surface area contributed by atoms with E-state index in [0.29, 0.717) is 35.2 Å². The third-order valence-corrected chi connectivity index (χ3v) is 8.30. The van der Waals surface area contributed by atoms with E-state index in [-0.39, 0.29) is 65.9 Å². The molecule has 0 saturated heterocycles. The van der Waals surface area contributed by atoms with E-state index in [1.807, 2.05) is 29.2 Å². The maximum atomic E-state index is 13.7. The van der Waals surface area contributed by atoms with Crippen molar-refractivity contribution in [2.75, 3.05) is 6.54 Å². The molecule has 4 rings (SSSR count). The second-order valence-corrected chi connectivity index (χ2v) is 12.1. The molecule has 0 bridgehead atoms. The second-order valence-electron chi connectivity index (χ2n) is 11.6. The average molecular weight is 559 g/mol. The minimum Gasteiger partial charge on any atom is -0.550 e. The van der Waals surface area contributed by atoms with Crippen LogP contribution in [0.4, 0.5) is 0 Å². The molecule has 2 aromatic rings. The molecule has 1 amide bonds. The van der Waals surface area contributed by atoms with E-state index in [4.69, 9.17) is 16.6 Å². The number of hydrogen-bond acceptors (Lipinski definition) is 5. The second kappa shape index (κ2) is 13.1. The number of carbonyl (C=O) groups excluding carboxylic acids is 3. The number of benzene rings is 2. The van der Waals surface area contributed by atoms with Crippen LogP contribution in [0.1, 0.15) is 87.2 Å². The Morgan fingerprint density at radius 3 is 2.33 bits per heavy atom. The van der Waals surface area contributed by atoms with Gasteiger partial charge in [-0.05, 0) is 74.0 Å². The Morgan fingerprint density at radius 2 is 1.74 bits per heavy atom. The summed E-state index contributed by atoms with van der Waals surface area (Å²) in [5.41, 5.74) is 2.51. The summed E-state index contributed by atoms with van der Waals surface area (Å²) in [6, 6.07) is 14.7.